The predicted molar refractivity (Wildman–Crippen MR) is 83.1 cm³/mol. The molecule has 0 aromatic heterocycles. The van der Waals surface area contributed by atoms with E-state index in [1.54, 1.807) is 0 Å². The van der Waals surface area contributed by atoms with Gasteiger partial charge in [0, 0.05) is 36.4 Å². The fraction of sp³-hybridized carbons (Fsp3) is 0.647. The Bertz CT molecular complexity index is 474. The van der Waals surface area contributed by atoms with Crippen LogP contribution in [0.5, 0.6) is 0 Å². The van der Waals surface area contributed by atoms with Crippen LogP contribution in [0.25, 0.3) is 0 Å². The molecule has 110 valence electrons. The molecule has 0 bridgehead atoms. The first-order valence-corrected chi connectivity index (χ1v) is 7.90. The molecule has 2 fully saturated rings. The Balaban J connectivity index is 1.85. The van der Waals surface area contributed by atoms with Crippen LogP contribution in [-0.2, 0) is 6.61 Å². The Morgan fingerprint density at radius 1 is 1.25 bits per heavy atom. The molecule has 0 spiro atoms. The molecule has 2 aliphatic rings. The number of piperidine rings is 1. The third-order valence-corrected chi connectivity index (χ3v) is 4.90. The number of benzene rings is 1. The highest BCUT2D eigenvalue weighted by Crippen LogP contribution is 2.30. The van der Waals surface area contributed by atoms with Gasteiger partial charge < -0.3 is 10.0 Å². The predicted octanol–water partition coefficient (Wildman–Crippen LogP) is 2.55. The molecular formula is C17H26N2O. The smallest absolute Gasteiger partial charge is 0.0702 e. The molecule has 3 rings (SSSR count). The average molecular weight is 274 g/mol. The molecule has 2 atom stereocenters. The van der Waals surface area contributed by atoms with Crippen LogP contribution in [0.3, 0.4) is 0 Å². The molecular weight excluding hydrogens is 248 g/mol. The number of anilines is 1. The number of aliphatic hydroxyl groups is 1. The molecule has 1 aromatic carbocycles. The fourth-order valence-electron chi connectivity index (χ4n) is 3.81. The quantitative estimate of drug-likeness (QED) is 0.898. The highest BCUT2D eigenvalue weighted by molar-refractivity contribution is 5.56. The number of rotatable bonds is 2. The van der Waals surface area contributed by atoms with E-state index in [-0.39, 0.29) is 6.61 Å². The summed E-state index contributed by atoms with van der Waals surface area (Å²) in [6.07, 6.45) is 4.04. The van der Waals surface area contributed by atoms with Crippen molar-refractivity contribution in [3.8, 4) is 0 Å². The zero-order valence-electron chi connectivity index (χ0n) is 12.7. The minimum Gasteiger partial charge on any atom is -0.392 e. The standard InChI is InChI=1S/C17H26N2O/c1-13-6-7-17(15(9-13)12-20)19-11-16-5-3-4-8-18(16)10-14(19)2/h6-7,9,14,16,20H,3-5,8,10-12H2,1-2H3. The van der Waals surface area contributed by atoms with Crippen molar-refractivity contribution in [3.63, 3.8) is 0 Å². The topological polar surface area (TPSA) is 26.7 Å². The van der Waals surface area contributed by atoms with Crippen LogP contribution in [0.15, 0.2) is 18.2 Å². The van der Waals surface area contributed by atoms with E-state index < -0.39 is 0 Å². The van der Waals surface area contributed by atoms with Crippen molar-refractivity contribution in [2.45, 2.75) is 51.8 Å². The van der Waals surface area contributed by atoms with Gasteiger partial charge in [0.1, 0.15) is 0 Å². The van der Waals surface area contributed by atoms with Gasteiger partial charge in [0.15, 0.2) is 0 Å². The van der Waals surface area contributed by atoms with Gasteiger partial charge in [0.2, 0.25) is 0 Å². The molecule has 2 aliphatic heterocycles. The Morgan fingerprint density at radius 3 is 2.90 bits per heavy atom. The van der Waals surface area contributed by atoms with Crippen molar-refractivity contribution in [1.29, 1.82) is 0 Å². The number of fused-ring (bicyclic) bond motifs is 1. The third kappa shape index (κ3) is 2.57. The zero-order valence-corrected chi connectivity index (χ0v) is 12.7. The van der Waals surface area contributed by atoms with Crippen molar-refractivity contribution < 1.29 is 5.11 Å². The SMILES string of the molecule is Cc1ccc(N2CC3CCCCN3CC2C)c(CO)c1. The van der Waals surface area contributed by atoms with Crippen molar-refractivity contribution in [1.82, 2.24) is 4.90 Å². The first kappa shape index (κ1) is 13.9. The largest absolute Gasteiger partial charge is 0.392 e. The lowest BCUT2D eigenvalue weighted by Gasteiger charge is -2.49. The summed E-state index contributed by atoms with van der Waals surface area (Å²) in [5, 5.41) is 9.66. The van der Waals surface area contributed by atoms with Crippen LogP contribution in [0.4, 0.5) is 5.69 Å². The Hall–Kier alpha value is -1.06. The number of hydrogen-bond donors (Lipinski definition) is 1. The molecule has 2 heterocycles. The van der Waals surface area contributed by atoms with E-state index in [1.807, 2.05) is 0 Å². The van der Waals surface area contributed by atoms with Crippen LogP contribution >= 0.6 is 0 Å². The van der Waals surface area contributed by atoms with E-state index in [4.69, 9.17) is 0 Å². The van der Waals surface area contributed by atoms with Crippen LogP contribution in [-0.4, -0.2) is 41.7 Å². The van der Waals surface area contributed by atoms with Gasteiger partial charge in [-0.25, -0.2) is 0 Å². The van der Waals surface area contributed by atoms with Crippen molar-refractivity contribution in [2.24, 2.45) is 0 Å². The summed E-state index contributed by atoms with van der Waals surface area (Å²) in [5.74, 6) is 0. The van der Waals surface area contributed by atoms with Gasteiger partial charge in [-0.1, -0.05) is 24.1 Å². The van der Waals surface area contributed by atoms with E-state index in [2.05, 4.69) is 41.8 Å². The third-order valence-electron chi connectivity index (χ3n) is 4.90. The van der Waals surface area contributed by atoms with E-state index in [0.29, 0.717) is 12.1 Å². The molecule has 0 amide bonds. The van der Waals surface area contributed by atoms with Crippen LogP contribution in [0.2, 0.25) is 0 Å². The van der Waals surface area contributed by atoms with Crippen molar-refractivity contribution >= 4 is 5.69 Å². The van der Waals surface area contributed by atoms with Gasteiger partial charge in [-0.2, -0.15) is 0 Å². The highest BCUT2D eigenvalue weighted by atomic mass is 16.3. The average Bonchev–Trinajstić information content (AvgIpc) is 2.46. The molecule has 2 saturated heterocycles. The van der Waals surface area contributed by atoms with Gasteiger partial charge >= 0.3 is 0 Å². The Kier molecular flexibility index (Phi) is 3.99. The minimum atomic E-state index is 0.134. The molecule has 3 heteroatoms. The maximum Gasteiger partial charge on any atom is 0.0702 e. The highest BCUT2D eigenvalue weighted by Gasteiger charge is 2.33. The first-order chi connectivity index (χ1) is 9.69. The summed E-state index contributed by atoms with van der Waals surface area (Å²) < 4.78 is 0. The summed E-state index contributed by atoms with van der Waals surface area (Å²) in [5.41, 5.74) is 3.53. The second-order valence-electron chi connectivity index (χ2n) is 6.44. The van der Waals surface area contributed by atoms with Crippen LogP contribution < -0.4 is 4.90 Å². The fourth-order valence-corrected chi connectivity index (χ4v) is 3.81. The second-order valence-corrected chi connectivity index (χ2v) is 6.44. The molecule has 0 saturated carbocycles. The molecule has 0 aliphatic carbocycles. The van der Waals surface area contributed by atoms with Gasteiger partial charge in [-0.3, -0.25) is 4.90 Å². The molecule has 1 N–H and O–H groups in total. The number of nitrogens with zero attached hydrogens (tertiary/aromatic N) is 2. The van der Waals surface area contributed by atoms with Gasteiger partial charge in [-0.05, 0) is 39.3 Å². The lowest BCUT2D eigenvalue weighted by Crippen LogP contribution is -2.59. The van der Waals surface area contributed by atoms with Gasteiger partial charge in [-0.15, -0.1) is 0 Å². The van der Waals surface area contributed by atoms with E-state index >= 15 is 0 Å². The number of aliphatic hydroxyl groups excluding tert-OH is 1. The number of piperazine rings is 1. The second kappa shape index (κ2) is 5.74. The maximum atomic E-state index is 9.66. The molecule has 0 radical (unpaired) electrons. The lowest BCUT2D eigenvalue weighted by molar-refractivity contribution is 0.115. The van der Waals surface area contributed by atoms with Crippen molar-refractivity contribution in [2.75, 3.05) is 24.5 Å². The lowest BCUT2D eigenvalue weighted by atomic mass is 9.96. The zero-order chi connectivity index (χ0) is 14.1. The van der Waals surface area contributed by atoms with Crippen molar-refractivity contribution in [3.05, 3.63) is 29.3 Å². The summed E-state index contributed by atoms with van der Waals surface area (Å²) in [6.45, 7) is 8.07. The van der Waals surface area contributed by atoms with Gasteiger partial charge in [0.25, 0.3) is 0 Å². The Labute approximate surface area is 122 Å². The Morgan fingerprint density at radius 2 is 2.10 bits per heavy atom. The van der Waals surface area contributed by atoms with Gasteiger partial charge in [0.05, 0.1) is 6.61 Å². The van der Waals surface area contributed by atoms with E-state index in [1.165, 1.54) is 37.1 Å². The summed E-state index contributed by atoms with van der Waals surface area (Å²) in [7, 11) is 0. The summed E-state index contributed by atoms with van der Waals surface area (Å²) in [4.78, 5) is 5.18. The molecule has 20 heavy (non-hydrogen) atoms. The molecule has 2 unspecified atom stereocenters. The number of hydrogen-bond acceptors (Lipinski definition) is 3. The van der Waals surface area contributed by atoms with E-state index in [9.17, 15) is 5.11 Å². The normalized spacial score (nSPS) is 27.4. The molecule has 1 aromatic rings. The number of aryl methyl sites for hydroxylation is 1. The summed E-state index contributed by atoms with van der Waals surface area (Å²) in [6, 6.07) is 7.70. The first-order valence-electron chi connectivity index (χ1n) is 7.90. The minimum absolute atomic E-state index is 0.134. The van der Waals surface area contributed by atoms with Crippen LogP contribution in [0, 0.1) is 6.92 Å². The van der Waals surface area contributed by atoms with E-state index in [0.717, 1.165) is 18.7 Å². The van der Waals surface area contributed by atoms with Crippen LogP contribution in [0.1, 0.15) is 37.3 Å². The summed E-state index contributed by atoms with van der Waals surface area (Å²) >= 11 is 0. The maximum absolute atomic E-state index is 9.66. The monoisotopic (exact) mass is 274 g/mol. The molecule has 3 nitrogen and oxygen atoms in total.